The first kappa shape index (κ1) is 56.7. The van der Waals surface area contributed by atoms with Crippen molar-refractivity contribution in [1.29, 1.82) is 0 Å². The Bertz CT molecular complexity index is 2030. The van der Waals surface area contributed by atoms with E-state index < -0.39 is 164 Å². The molecule has 376 valence electrons. The van der Waals surface area contributed by atoms with Crippen molar-refractivity contribution < 1.29 is 62.6 Å². The van der Waals surface area contributed by atoms with Crippen molar-refractivity contribution in [2.75, 3.05) is 26.7 Å². The van der Waals surface area contributed by atoms with Crippen LogP contribution in [0.3, 0.4) is 0 Å². The Kier molecular flexibility index (Phi) is 22.8. The number of nitrogens with zero attached hydrogens (tertiary/aromatic N) is 1. The lowest BCUT2D eigenvalue weighted by Gasteiger charge is -2.30. The summed E-state index contributed by atoms with van der Waals surface area (Å²) >= 11 is 0. The van der Waals surface area contributed by atoms with Crippen molar-refractivity contribution in [3.63, 3.8) is 0 Å². The van der Waals surface area contributed by atoms with Crippen molar-refractivity contribution in [2.24, 2.45) is 34.8 Å². The molecular formula is C42H65N13O13. The maximum absolute atomic E-state index is 14.0. The molecule has 0 aliphatic carbocycles. The highest BCUT2D eigenvalue weighted by atomic mass is 16.3. The van der Waals surface area contributed by atoms with Gasteiger partial charge in [0.1, 0.15) is 42.0 Å². The third kappa shape index (κ3) is 19.6. The molecule has 68 heavy (non-hydrogen) atoms. The lowest BCUT2D eigenvalue weighted by Crippen LogP contribution is -2.62. The fraction of sp³-hybridized carbons (Fsp3) is 0.571. The van der Waals surface area contributed by atoms with Crippen LogP contribution in [0.15, 0.2) is 24.3 Å². The number of amides is 12. The molecule has 12 amide bonds. The molecule has 17 N–H and O–H groups in total. The van der Waals surface area contributed by atoms with E-state index in [9.17, 15) is 62.6 Å². The standard InChI is InChI=1S/C42H65N13O13/c1-6-21(4)35-41(67)50-25(11-12-30(44)57)38(64)52-28(16-31(45)58)39(65)53-29(42(68)55(5)19-34(61)49-26(13-20(2)3)37(63)48-18-32(46)59)17-47-33(60)15-24(43)36(62)51-27(40(66)54-35)14-22-7-9-23(56)10-8-22/h7-10,20-21,24-29,35,56H,6,11-19,43H2,1-5H3,(H2,44,57)(H2,45,58)(H2,46,59)(H,47,60)(H,48,63)(H,49,61)(H,50,67)(H,51,62)(H,52,64)(H,53,65)(H,54,66)/t21-,24-,25-,26-,27-,28-,29-,35-/m0/s1. The van der Waals surface area contributed by atoms with Crippen molar-refractivity contribution in [3.8, 4) is 5.75 Å². The van der Waals surface area contributed by atoms with E-state index in [4.69, 9.17) is 22.9 Å². The SMILES string of the molecule is CC[C@H](C)[C@@H]1NC(=O)[C@H](Cc2ccc(O)cc2)NC(=O)[C@@H](N)CC(=O)NC[C@@H](C(=O)N(C)CC(=O)N[C@@H](CC(C)C)C(=O)NCC(N)=O)NC(=O)[C@H](CC(N)=O)NC(=O)[C@H](CCC(N)=O)NC1=O. The molecule has 2 rings (SSSR count). The molecule has 1 aromatic rings. The summed E-state index contributed by atoms with van der Waals surface area (Å²) in [7, 11) is 1.14. The average molecular weight is 960 g/mol. The monoisotopic (exact) mass is 959 g/mol. The number of hydrogen-bond acceptors (Lipinski definition) is 14. The maximum atomic E-state index is 14.0. The van der Waals surface area contributed by atoms with Gasteiger partial charge in [0.05, 0.1) is 32.0 Å². The highest BCUT2D eigenvalue weighted by Crippen LogP contribution is 2.15. The number of nitrogens with one attached hydrogen (secondary N) is 8. The molecule has 1 fully saturated rings. The summed E-state index contributed by atoms with van der Waals surface area (Å²) in [6.45, 7) is 4.84. The van der Waals surface area contributed by atoms with E-state index in [1.807, 2.05) is 0 Å². The van der Waals surface area contributed by atoms with E-state index in [0.29, 0.717) is 12.0 Å². The van der Waals surface area contributed by atoms with E-state index in [-0.39, 0.29) is 24.5 Å². The molecule has 0 bridgehead atoms. The Hall–Kier alpha value is -7.38. The van der Waals surface area contributed by atoms with Gasteiger partial charge in [0.15, 0.2) is 0 Å². The third-order valence-corrected chi connectivity index (χ3v) is 10.6. The van der Waals surface area contributed by atoms with Crippen LogP contribution in [0, 0.1) is 11.8 Å². The number of carbonyl (C=O) groups is 12. The van der Waals surface area contributed by atoms with Gasteiger partial charge in [-0.1, -0.05) is 46.2 Å². The molecule has 0 radical (unpaired) electrons. The number of hydrogen-bond donors (Lipinski definition) is 13. The normalized spacial score (nSPS) is 22.0. The van der Waals surface area contributed by atoms with E-state index in [1.165, 1.54) is 24.3 Å². The topological polar surface area (TPSA) is 429 Å². The van der Waals surface area contributed by atoms with Gasteiger partial charge in [0, 0.05) is 26.4 Å². The van der Waals surface area contributed by atoms with E-state index in [0.717, 1.165) is 11.9 Å². The van der Waals surface area contributed by atoms with Gasteiger partial charge in [0.25, 0.3) is 0 Å². The molecule has 26 heteroatoms. The van der Waals surface area contributed by atoms with Gasteiger partial charge >= 0.3 is 0 Å². The average Bonchev–Trinajstić information content (AvgIpc) is 3.25. The molecule has 1 aliphatic rings. The molecule has 0 unspecified atom stereocenters. The number of carbonyl (C=O) groups excluding carboxylic acids is 12. The highest BCUT2D eigenvalue weighted by molar-refractivity contribution is 5.99. The summed E-state index contributed by atoms with van der Waals surface area (Å²) in [4.78, 5) is 159. The molecule has 1 heterocycles. The molecule has 8 atom stereocenters. The lowest BCUT2D eigenvalue weighted by atomic mass is 9.96. The smallest absolute Gasteiger partial charge is 0.247 e. The second-order valence-corrected chi connectivity index (χ2v) is 16.9. The van der Waals surface area contributed by atoms with Crippen LogP contribution in [0.5, 0.6) is 5.75 Å². The van der Waals surface area contributed by atoms with Crippen LogP contribution in [0.1, 0.15) is 71.8 Å². The number of aromatic hydroxyl groups is 1. The number of benzene rings is 1. The van der Waals surface area contributed by atoms with Gasteiger partial charge in [-0.15, -0.1) is 0 Å². The summed E-state index contributed by atoms with van der Waals surface area (Å²) < 4.78 is 0. The van der Waals surface area contributed by atoms with Crippen molar-refractivity contribution in [3.05, 3.63) is 29.8 Å². The van der Waals surface area contributed by atoms with E-state index >= 15 is 0 Å². The fourth-order valence-electron chi connectivity index (χ4n) is 6.66. The van der Waals surface area contributed by atoms with Gasteiger partial charge in [-0.2, -0.15) is 0 Å². The molecule has 0 saturated carbocycles. The number of phenolic OH excluding ortho intramolecular Hbond substituents is 1. The summed E-state index contributed by atoms with van der Waals surface area (Å²) in [5.74, 6) is -12.5. The zero-order chi connectivity index (χ0) is 51.4. The molecule has 0 spiro atoms. The largest absolute Gasteiger partial charge is 0.508 e. The number of phenols is 1. The molecule has 1 saturated heterocycles. The summed E-state index contributed by atoms with van der Waals surface area (Å²) in [6, 6.07) is -5.28. The summed E-state index contributed by atoms with van der Waals surface area (Å²) in [5, 5.41) is 29.1. The van der Waals surface area contributed by atoms with Crippen LogP contribution < -0.4 is 65.5 Å². The Morgan fingerprint density at radius 3 is 1.94 bits per heavy atom. The molecule has 26 nitrogen and oxygen atoms in total. The Labute approximate surface area is 392 Å². The van der Waals surface area contributed by atoms with Crippen molar-refractivity contribution >= 4 is 70.9 Å². The Morgan fingerprint density at radius 1 is 0.779 bits per heavy atom. The highest BCUT2D eigenvalue weighted by Gasteiger charge is 2.36. The van der Waals surface area contributed by atoms with Crippen LogP contribution in [0.25, 0.3) is 0 Å². The Morgan fingerprint density at radius 2 is 1.37 bits per heavy atom. The quantitative estimate of drug-likeness (QED) is 0.0652. The second kappa shape index (κ2) is 27.3. The first-order chi connectivity index (χ1) is 31.8. The van der Waals surface area contributed by atoms with Crippen LogP contribution in [-0.2, 0) is 64.0 Å². The first-order valence-electron chi connectivity index (χ1n) is 21.8. The van der Waals surface area contributed by atoms with Crippen LogP contribution >= 0.6 is 0 Å². The van der Waals surface area contributed by atoms with E-state index in [2.05, 4.69) is 42.5 Å². The molecule has 0 aromatic heterocycles. The summed E-state index contributed by atoms with van der Waals surface area (Å²) in [6.07, 6.45) is -2.34. The lowest BCUT2D eigenvalue weighted by molar-refractivity contribution is -0.140. The van der Waals surface area contributed by atoms with Crippen molar-refractivity contribution in [1.82, 2.24) is 47.4 Å². The van der Waals surface area contributed by atoms with Crippen molar-refractivity contribution in [2.45, 2.75) is 115 Å². The Balaban J connectivity index is 2.63. The van der Waals surface area contributed by atoms with Crippen LogP contribution in [-0.4, -0.2) is 150 Å². The zero-order valence-electron chi connectivity index (χ0n) is 38.7. The predicted octanol–water partition coefficient (Wildman–Crippen LogP) is -6.02. The minimum absolute atomic E-state index is 0.0904. The first-order valence-corrected chi connectivity index (χ1v) is 21.8. The molecule has 1 aliphatic heterocycles. The van der Waals surface area contributed by atoms with Crippen LogP contribution in [0.4, 0.5) is 0 Å². The minimum Gasteiger partial charge on any atom is -0.508 e. The zero-order valence-corrected chi connectivity index (χ0v) is 38.7. The van der Waals surface area contributed by atoms with Gasteiger partial charge < -0.3 is 75.5 Å². The van der Waals surface area contributed by atoms with Gasteiger partial charge in [-0.05, 0) is 42.4 Å². The van der Waals surface area contributed by atoms with Gasteiger partial charge in [-0.25, -0.2) is 0 Å². The molecular weight excluding hydrogens is 895 g/mol. The van der Waals surface area contributed by atoms with Crippen LogP contribution in [0.2, 0.25) is 0 Å². The minimum atomic E-state index is -1.86. The number of likely N-dealkylation sites (N-methyl/N-ethyl adjacent to an activating group) is 1. The number of rotatable bonds is 18. The maximum Gasteiger partial charge on any atom is 0.247 e. The fourth-order valence-corrected chi connectivity index (χ4v) is 6.66. The van der Waals surface area contributed by atoms with Gasteiger partial charge in [-0.3, -0.25) is 57.5 Å². The predicted molar refractivity (Wildman–Crippen MR) is 240 cm³/mol. The van der Waals surface area contributed by atoms with Gasteiger partial charge in [0.2, 0.25) is 70.9 Å². The summed E-state index contributed by atoms with van der Waals surface area (Å²) in [5.41, 5.74) is 22.5. The van der Waals surface area contributed by atoms with E-state index in [1.54, 1.807) is 27.7 Å². The number of primary amides is 3. The third-order valence-electron chi connectivity index (χ3n) is 10.6. The second-order valence-electron chi connectivity index (χ2n) is 16.9. The number of nitrogens with two attached hydrogens (primary N) is 4. The molecule has 1 aromatic carbocycles.